The number of rotatable bonds is 2. The smallest absolute Gasteiger partial charge is 0.326 e. The third-order valence-corrected chi connectivity index (χ3v) is 2.20. The van der Waals surface area contributed by atoms with E-state index in [4.69, 9.17) is 0 Å². The number of aryl methyl sites for hydroxylation is 1. The van der Waals surface area contributed by atoms with Crippen LogP contribution in [0.1, 0.15) is 5.69 Å². The Kier molecular flexibility index (Phi) is 2.79. The van der Waals surface area contributed by atoms with Gasteiger partial charge in [-0.05, 0) is 12.1 Å². The van der Waals surface area contributed by atoms with Gasteiger partial charge >= 0.3 is 6.18 Å². The van der Waals surface area contributed by atoms with Crippen molar-refractivity contribution in [2.75, 3.05) is 5.32 Å². The zero-order valence-electron chi connectivity index (χ0n) is 8.99. The average molecular weight is 241 g/mol. The second-order valence-electron chi connectivity index (χ2n) is 3.55. The van der Waals surface area contributed by atoms with Gasteiger partial charge in [0.2, 0.25) is 5.95 Å². The van der Waals surface area contributed by atoms with Gasteiger partial charge in [0.25, 0.3) is 0 Å². The highest BCUT2D eigenvalue weighted by molar-refractivity contribution is 5.53. The minimum absolute atomic E-state index is 0.156. The molecule has 0 spiro atoms. The fraction of sp³-hybridized carbons (Fsp3) is 0.182. The van der Waals surface area contributed by atoms with Gasteiger partial charge in [-0.3, -0.25) is 0 Å². The number of nitrogens with one attached hydrogen (secondary N) is 1. The van der Waals surface area contributed by atoms with E-state index >= 15 is 0 Å². The number of hydrogen-bond acceptors (Lipinski definition) is 2. The summed E-state index contributed by atoms with van der Waals surface area (Å²) < 4.78 is 38.6. The lowest BCUT2D eigenvalue weighted by atomic mass is 10.3. The Morgan fingerprint density at radius 2 is 1.82 bits per heavy atom. The van der Waals surface area contributed by atoms with Crippen LogP contribution in [0.3, 0.4) is 0 Å². The summed E-state index contributed by atoms with van der Waals surface area (Å²) in [5.74, 6) is 0.156. The molecule has 0 aliphatic rings. The summed E-state index contributed by atoms with van der Waals surface area (Å²) in [4.78, 5) is 3.50. The molecule has 0 fully saturated rings. The van der Waals surface area contributed by atoms with Crippen LogP contribution in [0.15, 0.2) is 36.5 Å². The summed E-state index contributed by atoms with van der Waals surface area (Å²) in [6.07, 6.45) is -3.47. The monoisotopic (exact) mass is 241 g/mol. The molecule has 6 heteroatoms. The molecule has 1 aromatic carbocycles. The van der Waals surface area contributed by atoms with Crippen molar-refractivity contribution in [1.82, 2.24) is 9.55 Å². The van der Waals surface area contributed by atoms with Crippen LogP contribution in [0.5, 0.6) is 0 Å². The standard InChI is InChI=1S/C11H10F3N3/c1-17-7-9(11(12,13)14)16-10(17)15-8-5-3-2-4-6-8/h2-7H,1H3,(H,15,16). The van der Waals surface area contributed by atoms with E-state index < -0.39 is 11.9 Å². The number of hydrogen-bond donors (Lipinski definition) is 1. The lowest BCUT2D eigenvalue weighted by Crippen LogP contribution is -2.05. The lowest BCUT2D eigenvalue weighted by Gasteiger charge is -2.04. The number of anilines is 2. The van der Waals surface area contributed by atoms with Gasteiger partial charge in [-0.15, -0.1) is 0 Å². The molecule has 0 aliphatic heterocycles. The van der Waals surface area contributed by atoms with Crippen molar-refractivity contribution in [2.45, 2.75) is 6.18 Å². The fourth-order valence-electron chi connectivity index (χ4n) is 1.37. The third kappa shape index (κ3) is 2.58. The normalized spacial score (nSPS) is 11.5. The summed E-state index contributed by atoms with van der Waals surface area (Å²) >= 11 is 0. The molecule has 2 rings (SSSR count). The first-order valence-electron chi connectivity index (χ1n) is 4.89. The zero-order valence-corrected chi connectivity index (χ0v) is 8.99. The molecule has 0 amide bonds. The Balaban J connectivity index is 2.26. The predicted octanol–water partition coefficient (Wildman–Crippen LogP) is 3.18. The Hall–Kier alpha value is -1.98. The highest BCUT2D eigenvalue weighted by Gasteiger charge is 2.34. The van der Waals surface area contributed by atoms with Crippen LogP contribution in [-0.2, 0) is 13.2 Å². The minimum Gasteiger partial charge on any atom is -0.326 e. The molecule has 1 aromatic heterocycles. The van der Waals surface area contributed by atoms with Gasteiger partial charge in [0.15, 0.2) is 5.69 Å². The van der Waals surface area contributed by atoms with Gasteiger partial charge in [0, 0.05) is 18.9 Å². The van der Waals surface area contributed by atoms with Gasteiger partial charge in [-0.25, -0.2) is 4.98 Å². The Bertz CT molecular complexity index is 502. The predicted molar refractivity (Wildman–Crippen MR) is 57.9 cm³/mol. The summed E-state index contributed by atoms with van der Waals surface area (Å²) in [6, 6.07) is 8.90. The maximum absolute atomic E-state index is 12.4. The first-order valence-corrected chi connectivity index (χ1v) is 4.89. The summed E-state index contributed by atoms with van der Waals surface area (Å²) in [5.41, 5.74) is -0.214. The van der Waals surface area contributed by atoms with Crippen molar-refractivity contribution in [3.63, 3.8) is 0 Å². The van der Waals surface area contributed by atoms with Crippen molar-refractivity contribution in [3.05, 3.63) is 42.2 Å². The molecule has 3 nitrogen and oxygen atoms in total. The second-order valence-corrected chi connectivity index (χ2v) is 3.55. The van der Waals surface area contributed by atoms with Crippen LogP contribution in [0.2, 0.25) is 0 Å². The second kappa shape index (κ2) is 4.12. The molecule has 0 unspecified atom stereocenters. The largest absolute Gasteiger partial charge is 0.434 e. The number of benzene rings is 1. The molecule has 1 N–H and O–H groups in total. The van der Waals surface area contributed by atoms with E-state index in [9.17, 15) is 13.2 Å². The van der Waals surface area contributed by atoms with Crippen molar-refractivity contribution in [3.8, 4) is 0 Å². The summed E-state index contributed by atoms with van der Waals surface area (Å²) in [5, 5.41) is 2.82. The van der Waals surface area contributed by atoms with Crippen molar-refractivity contribution in [2.24, 2.45) is 7.05 Å². The molecule has 0 bridgehead atoms. The van der Waals surface area contributed by atoms with Crippen molar-refractivity contribution < 1.29 is 13.2 Å². The molecule has 0 saturated carbocycles. The quantitative estimate of drug-likeness (QED) is 0.875. The summed E-state index contributed by atoms with van der Waals surface area (Å²) in [6.45, 7) is 0. The minimum atomic E-state index is -4.42. The van der Waals surface area contributed by atoms with Crippen LogP contribution in [0.4, 0.5) is 24.8 Å². The topological polar surface area (TPSA) is 29.9 Å². The van der Waals surface area contributed by atoms with E-state index in [-0.39, 0.29) is 5.95 Å². The van der Waals surface area contributed by atoms with Gasteiger partial charge in [0.1, 0.15) is 0 Å². The molecule has 90 valence electrons. The van der Waals surface area contributed by atoms with Crippen LogP contribution in [0.25, 0.3) is 0 Å². The SMILES string of the molecule is Cn1cc(C(F)(F)F)nc1Nc1ccccc1. The first kappa shape index (κ1) is 11.5. The van der Waals surface area contributed by atoms with Gasteiger partial charge in [-0.1, -0.05) is 18.2 Å². The summed E-state index contributed by atoms with van der Waals surface area (Å²) in [7, 11) is 1.51. The van der Waals surface area contributed by atoms with E-state index in [0.717, 1.165) is 6.20 Å². The number of alkyl halides is 3. The Labute approximate surface area is 95.9 Å². The molecule has 2 aromatic rings. The number of imidazole rings is 1. The van der Waals surface area contributed by atoms with Crippen molar-refractivity contribution >= 4 is 11.6 Å². The molecule has 0 saturated heterocycles. The molecule has 1 heterocycles. The number of aromatic nitrogens is 2. The fourth-order valence-corrected chi connectivity index (χ4v) is 1.37. The molecular weight excluding hydrogens is 231 g/mol. The maximum Gasteiger partial charge on any atom is 0.434 e. The molecule has 0 aliphatic carbocycles. The highest BCUT2D eigenvalue weighted by atomic mass is 19.4. The average Bonchev–Trinajstić information content (AvgIpc) is 2.62. The highest BCUT2D eigenvalue weighted by Crippen LogP contribution is 2.29. The van der Waals surface area contributed by atoms with Crippen LogP contribution < -0.4 is 5.32 Å². The van der Waals surface area contributed by atoms with Gasteiger partial charge in [-0.2, -0.15) is 13.2 Å². The van der Waals surface area contributed by atoms with Crippen LogP contribution in [-0.4, -0.2) is 9.55 Å². The molecule has 0 atom stereocenters. The van der Waals surface area contributed by atoms with Gasteiger partial charge in [0.05, 0.1) is 0 Å². The Morgan fingerprint density at radius 1 is 1.18 bits per heavy atom. The van der Waals surface area contributed by atoms with Crippen LogP contribution >= 0.6 is 0 Å². The molecule has 0 radical (unpaired) electrons. The Morgan fingerprint density at radius 3 is 2.35 bits per heavy atom. The van der Waals surface area contributed by atoms with Crippen LogP contribution in [0, 0.1) is 0 Å². The lowest BCUT2D eigenvalue weighted by molar-refractivity contribution is -0.140. The van der Waals surface area contributed by atoms with E-state index in [1.807, 2.05) is 6.07 Å². The zero-order chi connectivity index (χ0) is 12.5. The van der Waals surface area contributed by atoms with E-state index in [0.29, 0.717) is 5.69 Å². The molecular formula is C11H10F3N3. The first-order chi connectivity index (χ1) is 7.97. The number of nitrogens with zero attached hydrogens (tertiary/aromatic N) is 2. The van der Waals surface area contributed by atoms with E-state index in [1.165, 1.54) is 11.6 Å². The number of halogens is 3. The molecule has 17 heavy (non-hydrogen) atoms. The number of para-hydroxylation sites is 1. The van der Waals surface area contributed by atoms with E-state index in [2.05, 4.69) is 10.3 Å². The van der Waals surface area contributed by atoms with Gasteiger partial charge < -0.3 is 9.88 Å². The van der Waals surface area contributed by atoms with E-state index in [1.54, 1.807) is 24.3 Å². The maximum atomic E-state index is 12.4. The third-order valence-electron chi connectivity index (χ3n) is 2.20. The van der Waals surface area contributed by atoms with Crippen molar-refractivity contribution in [1.29, 1.82) is 0 Å².